The lowest BCUT2D eigenvalue weighted by molar-refractivity contribution is 0.270. The van der Waals surface area contributed by atoms with Crippen LogP contribution in [0.1, 0.15) is 41.9 Å². The Bertz CT molecular complexity index is 752. The molecule has 1 fully saturated rings. The third-order valence-electron chi connectivity index (χ3n) is 3.91. The molecule has 0 unspecified atom stereocenters. The quantitative estimate of drug-likeness (QED) is 0.843. The number of hydrogen-bond acceptors (Lipinski definition) is 7. The molecule has 120 valence electrons. The Morgan fingerprint density at radius 1 is 1.09 bits per heavy atom. The van der Waals surface area contributed by atoms with Crippen LogP contribution in [0.5, 0.6) is 0 Å². The molecule has 1 saturated heterocycles. The number of aromatic nitrogens is 3. The molecule has 0 N–H and O–H groups in total. The van der Waals surface area contributed by atoms with Crippen LogP contribution >= 0.6 is 0 Å². The van der Waals surface area contributed by atoms with E-state index < -0.39 is 10.0 Å². The zero-order valence-electron chi connectivity index (χ0n) is 12.7. The summed E-state index contributed by atoms with van der Waals surface area (Å²) in [5.74, 6) is 1.62. The van der Waals surface area contributed by atoms with E-state index in [1.54, 1.807) is 20.8 Å². The summed E-state index contributed by atoms with van der Waals surface area (Å²) in [6.07, 6.45) is 1.31. The van der Waals surface area contributed by atoms with Crippen molar-refractivity contribution in [2.24, 2.45) is 0 Å². The summed E-state index contributed by atoms with van der Waals surface area (Å²) in [7, 11) is -3.57. The highest BCUT2D eigenvalue weighted by Gasteiger charge is 2.35. The van der Waals surface area contributed by atoms with Crippen LogP contribution in [-0.2, 0) is 10.0 Å². The fourth-order valence-electron chi connectivity index (χ4n) is 2.79. The van der Waals surface area contributed by atoms with E-state index >= 15 is 0 Å². The Morgan fingerprint density at radius 3 is 2.27 bits per heavy atom. The Morgan fingerprint density at radius 2 is 1.77 bits per heavy atom. The van der Waals surface area contributed by atoms with E-state index in [0.29, 0.717) is 49.1 Å². The van der Waals surface area contributed by atoms with Crippen molar-refractivity contribution >= 4 is 10.0 Å². The summed E-state index contributed by atoms with van der Waals surface area (Å²) in [6.45, 7) is 5.85. The van der Waals surface area contributed by atoms with Crippen LogP contribution in [0.4, 0.5) is 0 Å². The predicted octanol–water partition coefficient (Wildman–Crippen LogP) is 1.55. The van der Waals surface area contributed by atoms with E-state index in [2.05, 4.69) is 15.3 Å². The highest BCUT2D eigenvalue weighted by Crippen LogP contribution is 2.31. The third-order valence-corrected chi connectivity index (χ3v) is 6.06. The van der Waals surface area contributed by atoms with Gasteiger partial charge in [0.05, 0.1) is 0 Å². The van der Waals surface area contributed by atoms with Gasteiger partial charge in [-0.1, -0.05) is 10.3 Å². The van der Waals surface area contributed by atoms with Crippen molar-refractivity contribution in [1.82, 2.24) is 19.6 Å². The van der Waals surface area contributed by atoms with E-state index in [0.717, 1.165) is 0 Å². The van der Waals surface area contributed by atoms with Gasteiger partial charge < -0.3 is 9.05 Å². The Kier molecular flexibility index (Phi) is 3.77. The lowest BCUT2D eigenvalue weighted by Crippen LogP contribution is -2.38. The molecule has 0 aliphatic carbocycles. The molecule has 2 aromatic rings. The third kappa shape index (κ3) is 2.54. The number of sulfonamides is 1. The molecule has 8 nitrogen and oxygen atoms in total. The van der Waals surface area contributed by atoms with Gasteiger partial charge in [0, 0.05) is 19.0 Å². The predicted molar refractivity (Wildman–Crippen MR) is 75.7 cm³/mol. The Hall–Kier alpha value is -1.74. The van der Waals surface area contributed by atoms with Crippen LogP contribution < -0.4 is 0 Å². The smallest absolute Gasteiger partial charge is 0.248 e. The number of aryl methyl sites for hydroxylation is 3. The van der Waals surface area contributed by atoms with Gasteiger partial charge in [0.25, 0.3) is 0 Å². The molecule has 0 bridgehead atoms. The minimum atomic E-state index is -3.57. The molecule has 0 saturated carbocycles. The zero-order chi connectivity index (χ0) is 15.9. The van der Waals surface area contributed by atoms with Gasteiger partial charge in [0.2, 0.25) is 15.9 Å². The van der Waals surface area contributed by atoms with Crippen LogP contribution in [0.2, 0.25) is 0 Å². The Labute approximate surface area is 128 Å². The average Bonchev–Trinajstić information content (AvgIpc) is 3.05. The molecule has 0 radical (unpaired) electrons. The molecule has 3 rings (SSSR count). The molecule has 0 spiro atoms. The van der Waals surface area contributed by atoms with E-state index in [9.17, 15) is 8.42 Å². The van der Waals surface area contributed by atoms with Crippen molar-refractivity contribution in [3.05, 3.63) is 23.2 Å². The number of nitrogens with zero attached hydrogens (tertiary/aromatic N) is 4. The van der Waals surface area contributed by atoms with Crippen molar-refractivity contribution < 1.29 is 17.5 Å². The van der Waals surface area contributed by atoms with E-state index in [-0.39, 0.29) is 10.8 Å². The number of rotatable bonds is 3. The molecule has 3 heterocycles. The SMILES string of the molecule is Cc1noc(C2CCN(S(=O)(=O)c3c(C)noc3C)CC2)n1. The topological polar surface area (TPSA) is 102 Å². The van der Waals surface area contributed by atoms with Gasteiger partial charge >= 0.3 is 0 Å². The molecule has 1 aliphatic heterocycles. The standard InChI is InChI=1S/C13H18N4O4S/c1-8-12(9(2)20-15-8)22(18,19)17-6-4-11(5-7-17)13-14-10(3)16-21-13/h11H,4-7H2,1-3H3. The summed E-state index contributed by atoms with van der Waals surface area (Å²) in [4.78, 5) is 4.41. The second-order valence-electron chi connectivity index (χ2n) is 5.51. The lowest BCUT2D eigenvalue weighted by Gasteiger charge is -2.29. The van der Waals surface area contributed by atoms with E-state index in [1.807, 2.05) is 0 Å². The van der Waals surface area contributed by atoms with E-state index in [1.165, 1.54) is 4.31 Å². The van der Waals surface area contributed by atoms with Crippen LogP contribution in [0.15, 0.2) is 13.9 Å². The van der Waals surface area contributed by atoms with E-state index in [4.69, 9.17) is 9.05 Å². The summed E-state index contributed by atoms with van der Waals surface area (Å²) < 4.78 is 37.1. The molecular formula is C13H18N4O4S. The first-order valence-corrected chi connectivity index (χ1v) is 8.57. The summed E-state index contributed by atoms with van der Waals surface area (Å²) >= 11 is 0. The summed E-state index contributed by atoms with van der Waals surface area (Å²) in [6, 6.07) is 0. The molecule has 1 aliphatic rings. The Balaban J connectivity index is 1.76. The molecule has 0 amide bonds. The second kappa shape index (κ2) is 5.47. The molecular weight excluding hydrogens is 308 g/mol. The number of piperidine rings is 1. The maximum atomic E-state index is 12.7. The molecule has 0 aromatic carbocycles. The van der Waals surface area contributed by atoms with Crippen LogP contribution in [0, 0.1) is 20.8 Å². The van der Waals surface area contributed by atoms with Gasteiger partial charge in [0.15, 0.2) is 11.6 Å². The minimum absolute atomic E-state index is 0.109. The van der Waals surface area contributed by atoms with Gasteiger partial charge in [-0.2, -0.15) is 9.29 Å². The fraction of sp³-hybridized carbons (Fsp3) is 0.615. The van der Waals surface area contributed by atoms with Gasteiger partial charge in [-0.25, -0.2) is 8.42 Å². The molecule has 9 heteroatoms. The van der Waals surface area contributed by atoms with Crippen LogP contribution in [-0.4, -0.2) is 41.1 Å². The van der Waals surface area contributed by atoms with Crippen LogP contribution in [0.3, 0.4) is 0 Å². The maximum absolute atomic E-state index is 12.7. The van der Waals surface area contributed by atoms with Crippen molar-refractivity contribution in [3.63, 3.8) is 0 Å². The van der Waals surface area contributed by atoms with Gasteiger partial charge in [-0.15, -0.1) is 0 Å². The fourth-order valence-corrected chi connectivity index (χ4v) is 4.55. The first-order chi connectivity index (χ1) is 10.4. The van der Waals surface area contributed by atoms with Gasteiger partial charge in [0.1, 0.15) is 10.6 Å². The monoisotopic (exact) mass is 326 g/mol. The minimum Gasteiger partial charge on any atom is -0.360 e. The molecule has 2 aromatic heterocycles. The highest BCUT2D eigenvalue weighted by molar-refractivity contribution is 7.89. The normalized spacial score (nSPS) is 18.0. The molecule has 22 heavy (non-hydrogen) atoms. The zero-order valence-corrected chi connectivity index (χ0v) is 13.6. The van der Waals surface area contributed by atoms with Crippen molar-refractivity contribution in [2.45, 2.75) is 44.4 Å². The highest BCUT2D eigenvalue weighted by atomic mass is 32.2. The van der Waals surface area contributed by atoms with Crippen molar-refractivity contribution in [1.29, 1.82) is 0 Å². The largest absolute Gasteiger partial charge is 0.360 e. The van der Waals surface area contributed by atoms with Gasteiger partial charge in [-0.05, 0) is 33.6 Å². The first kappa shape index (κ1) is 15.2. The maximum Gasteiger partial charge on any atom is 0.248 e. The number of hydrogen-bond donors (Lipinski definition) is 0. The lowest BCUT2D eigenvalue weighted by atomic mass is 9.98. The first-order valence-electron chi connectivity index (χ1n) is 7.13. The molecule has 0 atom stereocenters. The van der Waals surface area contributed by atoms with Crippen molar-refractivity contribution in [3.8, 4) is 0 Å². The van der Waals surface area contributed by atoms with Crippen molar-refractivity contribution in [2.75, 3.05) is 13.1 Å². The average molecular weight is 326 g/mol. The van der Waals surface area contributed by atoms with Gasteiger partial charge in [-0.3, -0.25) is 0 Å². The summed E-state index contributed by atoms with van der Waals surface area (Å²) in [5.41, 5.74) is 0.396. The second-order valence-corrected chi connectivity index (χ2v) is 7.39. The van der Waals surface area contributed by atoms with Crippen LogP contribution in [0.25, 0.3) is 0 Å². The summed E-state index contributed by atoms with van der Waals surface area (Å²) in [5, 5.41) is 7.51.